The van der Waals surface area contributed by atoms with Crippen molar-refractivity contribution in [3.63, 3.8) is 0 Å². The quantitative estimate of drug-likeness (QED) is 0.360. The third kappa shape index (κ3) is 7.94. The number of alkyl carbamates (subject to hydrolysis) is 1. The number of alkyl halides is 2. The maximum absolute atomic E-state index is 16.1. The van der Waals surface area contributed by atoms with Gasteiger partial charge in [0, 0.05) is 12.3 Å². The number of sulfonamides is 1. The van der Waals surface area contributed by atoms with E-state index in [1.54, 1.807) is 39.0 Å². The predicted octanol–water partition coefficient (Wildman–Crippen LogP) is 3.78. The summed E-state index contributed by atoms with van der Waals surface area (Å²) in [5, 5.41) is 5.40. The molecule has 18 heteroatoms. The summed E-state index contributed by atoms with van der Waals surface area (Å²) in [5.41, 5.74) is -2.97. The van der Waals surface area contributed by atoms with Crippen LogP contribution in [-0.2, 0) is 39.8 Å². The van der Waals surface area contributed by atoms with Crippen molar-refractivity contribution >= 4 is 44.9 Å². The highest BCUT2D eigenvalue weighted by Crippen LogP contribution is 2.47. The number of hydrogen-bond donors (Lipinski definition) is 3. The standard InChI is InChI=1S/C39H48F2N6O9S/c1-6-22-20-38(22,34(50)46-57(52,53)37(5)16-17-37)45-31(48)26-19-23-21-47(26)33(49)30(36(2,3)4)44-35(51)56-28-14-9-13-27(28)54-18-10-15-39(40,41)29-32(55-23)43-25-12-8-7-11-24(25)42-29/h6-8,10-12,15,22-23,26-28,30H,1,9,13-14,16-21H2,2-5H3,(H,44,51)(H,45,48)(H,46,50)/b15-10+/t22-,23-,26+,27-,28-,30-,38+/m1/s1. The van der Waals surface area contributed by atoms with E-state index in [9.17, 15) is 27.6 Å². The van der Waals surface area contributed by atoms with Crippen LogP contribution in [0.25, 0.3) is 11.0 Å². The van der Waals surface area contributed by atoms with Gasteiger partial charge in [0.1, 0.15) is 29.8 Å². The van der Waals surface area contributed by atoms with Crippen LogP contribution in [0, 0.1) is 11.3 Å². The molecule has 2 aliphatic heterocycles. The summed E-state index contributed by atoms with van der Waals surface area (Å²) < 4.78 is 77.0. The van der Waals surface area contributed by atoms with E-state index < -0.39 is 103 Å². The molecule has 5 aliphatic rings. The summed E-state index contributed by atoms with van der Waals surface area (Å²) >= 11 is 0. The average Bonchev–Trinajstić information content (AvgIpc) is 3.96. The number of ether oxygens (including phenoxy) is 3. The van der Waals surface area contributed by atoms with Crippen molar-refractivity contribution in [1.82, 2.24) is 30.2 Å². The molecule has 4 fully saturated rings. The monoisotopic (exact) mass is 814 g/mol. The molecule has 7 atom stereocenters. The smallest absolute Gasteiger partial charge is 0.408 e. The Kier molecular flexibility index (Phi) is 10.4. The number of halogens is 2. The fourth-order valence-electron chi connectivity index (χ4n) is 7.71. The summed E-state index contributed by atoms with van der Waals surface area (Å²) in [7, 11) is -4.08. The highest BCUT2D eigenvalue weighted by atomic mass is 32.2. The van der Waals surface area contributed by atoms with E-state index in [-0.39, 0.29) is 37.0 Å². The molecule has 1 aromatic carbocycles. The number of fused-ring (bicyclic) bond motifs is 5. The summed E-state index contributed by atoms with van der Waals surface area (Å²) in [4.78, 5) is 65.9. The first-order chi connectivity index (χ1) is 26.8. The Morgan fingerprint density at radius 2 is 1.75 bits per heavy atom. The lowest BCUT2D eigenvalue weighted by Gasteiger charge is -2.35. The van der Waals surface area contributed by atoms with Crippen LogP contribution in [0.3, 0.4) is 0 Å². The largest absolute Gasteiger partial charge is 0.471 e. The van der Waals surface area contributed by atoms with Crippen molar-refractivity contribution in [2.45, 2.75) is 119 Å². The molecular formula is C39H48F2N6O9S. The van der Waals surface area contributed by atoms with Gasteiger partial charge in [-0.2, -0.15) is 8.78 Å². The first kappa shape index (κ1) is 40.5. The maximum Gasteiger partial charge on any atom is 0.408 e. The second-order valence-electron chi connectivity index (χ2n) is 17.0. The van der Waals surface area contributed by atoms with Crippen molar-refractivity contribution in [3.8, 4) is 5.88 Å². The summed E-state index contributed by atoms with van der Waals surface area (Å²) in [5.74, 6) is -7.32. The lowest BCUT2D eigenvalue weighted by molar-refractivity contribution is -0.143. The average molecular weight is 815 g/mol. The molecule has 4 amide bonds. The third-order valence-corrected chi connectivity index (χ3v) is 13.8. The van der Waals surface area contributed by atoms with Gasteiger partial charge in [-0.1, -0.05) is 45.1 Å². The van der Waals surface area contributed by atoms with Crippen molar-refractivity contribution in [3.05, 3.63) is 54.8 Å². The van der Waals surface area contributed by atoms with Crippen molar-refractivity contribution in [2.75, 3.05) is 13.2 Å². The molecule has 0 unspecified atom stereocenters. The molecule has 7 rings (SSSR count). The van der Waals surface area contributed by atoms with Crippen LogP contribution in [0.4, 0.5) is 13.6 Å². The minimum absolute atomic E-state index is 0.0451. The second-order valence-corrected chi connectivity index (χ2v) is 19.2. The zero-order chi connectivity index (χ0) is 41.1. The Hall–Kier alpha value is -4.71. The number of carbonyl (C=O) groups excluding carboxylic acids is 4. The van der Waals surface area contributed by atoms with E-state index in [2.05, 4.69) is 31.9 Å². The number of amides is 4. The second kappa shape index (κ2) is 14.6. The van der Waals surface area contributed by atoms with Gasteiger partial charge >= 0.3 is 12.0 Å². The summed E-state index contributed by atoms with van der Waals surface area (Å²) in [6.45, 7) is 9.88. The fourth-order valence-corrected chi connectivity index (χ4v) is 9.02. The molecule has 0 radical (unpaired) electrons. The van der Waals surface area contributed by atoms with Gasteiger partial charge in [-0.3, -0.25) is 19.1 Å². The van der Waals surface area contributed by atoms with Gasteiger partial charge in [0.15, 0.2) is 5.69 Å². The molecule has 308 valence electrons. The maximum atomic E-state index is 16.1. The topological polar surface area (TPSA) is 195 Å². The molecule has 0 spiro atoms. The Bertz CT molecular complexity index is 2120. The highest BCUT2D eigenvalue weighted by Gasteiger charge is 2.63. The van der Waals surface area contributed by atoms with Crippen LogP contribution in [0.15, 0.2) is 49.1 Å². The van der Waals surface area contributed by atoms with Crippen LogP contribution < -0.4 is 20.1 Å². The zero-order valence-corrected chi connectivity index (χ0v) is 33.1. The number of carbonyl (C=O) groups is 4. The predicted molar refractivity (Wildman–Crippen MR) is 201 cm³/mol. The minimum Gasteiger partial charge on any atom is -0.471 e. The van der Waals surface area contributed by atoms with E-state index in [4.69, 9.17) is 14.2 Å². The number of nitrogens with one attached hydrogen (secondary N) is 3. The van der Waals surface area contributed by atoms with Gasteiger partial charge in [-0.05, 0) is 69.1 Å². The molecule has 1 saturated heterocycles. The number of rotatable bonds is 6. The molecule has 1 aromatic heterocycles. The molecule has 2 aromatic rings. The Labute approximate surface area is 329 Å². The first-order valence-electron chi connectivity index (χ1n) is 19.2. The van der Waals surface area contributed by atoms with Crippen LogP contribution in [0.2, 0.25) is 0 Å². The normalized spacial score (nSPS) is 31.6. The van der Waals surface area contributed by atoms with Crippen molar-refractivity contribution < 1.29 is 50.6 Å². The van der Waals surface area contributed by atoms with E-state index in [0.29, 0.717) is 38.2 Å². The summed E-state index contributed by atoms with van der Waals surface area (Å²) in [6.07, 6.45) is 2.08. The first-order valence-corrected chi connectivity index (χ1v) is 20.7. The van der Waals surface area contributed by atoms with Gasteiger partial charge < -0.3 is 29.7 Å². The third-order valence-electron chi connectivity index (χ3n) is 11.6. The number of benzene rings is 1. The van der Waals surface area contributed by atoms with Crippen LogP contribution in [0.5, 0.6) is 5.88 Å². The Morgan fingerprint density at radius 1 is 1.07 bits per heavy atom. The van der Waals surface area contributed by atoms with Crippen LogP contribution >= 0.6 is 0 Å². The zero-order valence-electron chi connectivity index (χ0n) is 32.3. The van der Waals surface area contributed by atoms with Crippen LogP contribution in [-0.4, -0.2) is 101 Å². The Morgan fingerprint density at radius 3 is 2.40 bits per heavy atom. The lowest BCUT2D eigenvalue weighted by atomic mass is 9.85. The van der Waals surface area contributed by atoms with Gasteiger partial charge in [0.2, 0.25) is 27.7 Å². The number of hydrogen-bond acceptors (Lipinski definition) is 11. The van der Waals surface area contributed by atoms with Gasteiger partial charge in [-0.25, -0.2) is 23.2 Å². The molecule has 3 heterocycles. The highest BCUT2D eigenvalue weighted by molar-refractivity contribution is 7.91. The fraction of sp³-hybridized carbons (Fsp3) is 0.590. The van der Waals surface area contributed by atoms with Crippen molar-refractivity contribution in [2.24, 2.45) is 11.3 Å². The number of allylic oxidation sites excluding steroid dienone is 1. The molecule has 15 nitrogen and oxygen atoms in total. The van der Waals surface area contributed by atoms with Gasteiger partial charge in [-0.15, -0.1) is 6.58 Å². The lowest BCUT2D eigenvalue weighted by Crippen LogP contribution is -2.60. The molecule has 2 bridgehead atoms. The van der Waals surface area contributed by atoms with Crippen molar-refractivity contribution in [1.29, 1.82) is 0 Å². The SMILES string of the molecule is C=C[C@@H]1C[C@@]1(NC(=O)[C@@H]1C[C@@H]2CN1C(=O)[C@H](C(C)(C)C)NC(=O)O[C@@H]1CCC[C@H]1OC/C=C/C(F)(F)c1nc3ccccc3nc1O2)C(=O)NS(=O)(=O)C1(C)CC1. The van der Waals surface area contributed by atoms with Crippen LogP contribution in [0.1, 0.15) is 78.3 Å². The van der Waals surface area contributed by atoms with E-state index >= 15 is 8.78 Å². The van der Waals surface area contributed by atoms with E-state index in [1.807, 2.05) is 0 Å². The van der Waals surface area contributed by atoms with E-state index in [0.717, 1.165) is 6.08 Å². The molecule has 57 heavy (non-hydrogen) atoms. The molecule has 3 saturated carbocycles. The summed E-state index contributed by atoms with van der Waals surface area (Å²) in [6, 6.07) is 3.78. The van der Waals surface area contributed by atoms with Gasteiger partial charge in [0.25, 0.3) is 5.91 Å². The van der Waals surface area contributed by atoms with E-state index in [1.165, 1.54) is 24.0 Å². The molecule has 3 aliphatic carbocycles. The van der Waals surface area contributed by atoms with Gasteiger partial charge in [0.05, 0.1) is 35.0 Å². The Balaban J connectivity index is 1.26. The minimum atomic E-state index is -4.08. The molecule has 3 N–H and O–H groups in total. The number of para-hydroxylation sites is 2. The molecular weight excluding hydrogens is 767 g/mol. The number of nitrogens with zero attached hydrogens (tertiary/aromatic N) is 3. The number of aromatic nitrogens is 2.